The molecule has 1 fully saturated rings. The maximum atomic E-state index is 12.6. The molecule has 0 saturated heterocycles. The third-order valence-electron chi connectivity index (χ3n) is 3.95. The van der Waals surface area contributed by atoms with E-state index in [2.05, 4.69) is 0 Å². The smallest absolute Gasteiger partial charge is 0.257 e. The van der Waals surface area contributed by atoms with Gasteiger partial charge >= 0.3 is 0 Å². The van der Waals surface area contributed by atoms with E-state index in [9.17, 15) is 4.79 Å². The number of carbonyl (C=O) groups is 1. The molecule has 2 N–H and O–H groups in total. The van der Waals surface area contributed by atoms with Gasteiger partial charge in [-0.3, -0.25) is 4.79 Å². The van der Waals surface area contributed by atoms with E-state index < -0.39 is 0 Å². The first-order chi connectivity index (χ1) is 9.11. The van der Waals surface area contributed by atoms with Crippen LogP contribution in [0.15, 0.2) is 18.2 Å². The molecule has 4 heteroatoms. The van der Waals surface area contributed by atoms with Crippen molar-refractivity contribution in [3.63, 3.8) is 0 Å². The van der Waals surface area contributed by atoms with Crippen LogP contribution >= 0.6 is 11.6 Å². The number of benzene rings is 1. The first-order valence-corrected chi connectivity index (χ1v) is 7.30. The van der Waals surface area contributed by atoms with Gasteiger partial charge in [-0.15, -0.1) is 0 Å². The third kappa shape index (κ3) is 3.21. The summed E-state index contributed by atoms with van der Waals surface area (Å²) in [4.78, 5) is 14.4. The van der Waals surface area contributed by atoms with Crippen molar-refractivity contribution in [3.05, 3.63) is 28.8 Å². The van der Waals surface area contributed by atoms with Crippen LogP contribution in [0.4, 0.5) is 5.69 Å². The van der Waals surface area contributed by atoms with Crippen molar-refractivity contribution in [2.75, 3.05) is 12.8 Å². The number of nitrogens with zero attached hydrogens (tertiary/aromatic N) is 1. The zero-order valence-electron chi connectivity index (χ0n) is 11.4. The predicted octanol–water partition coefficient (Wildman–Crippen LogP) is 3.72. The second-order valence-electron chi connectivity index (χ2n) is 5.27. The Bertz CT molecular complexity index is 433. The van der Waals surface area contributed by atoms with E-state index in [0.29, 0.717) is 22.3 Å². The lowest BCUT2D eigenvalue weighted by atomic mass is 10.1. The Kier molecular flexibility index (Phi) is 4.70. The Labute approximate surface area is 119 Å². The molecule has 0 atom stereocenters. The fourth-order valence-corrected chi connectivity index (χ4v) is 3.02. The Balaban J connectivity index is 2.18. The van der Waals surface area contributed by atoms with Gasteiger partial charge in [0.25, 0.3) is 5.91 Å². The molecule has 1 saturated carbocycles. The van der Waals surface area contributed by atoms with Crippen LogP contribution in [0.3, 0.4) is 0 Å². The van der Waals surface area contributed by atoms with Crippen molar-refractivity contribution < 1.29 is 4.79 Å². The molecule has 0 radical (unpaired) electrons. The number of nitrogens with two attached hydrogens (primary N) is 1. The zero-order chi connectivity index (χ0) is 13.8. The summed E-state index contributed by atoms with van der Waals surface area (Å²) in [6, 6.07) is 5.51. The third-order valence-corrected chi connectivity index (χ3v) is 4.27. The Morgan fingerprint density at radius 1 is 1.26 bits per heavy atom. The number of anilines is 1. The van der Waals surface area contributed by atoms with Crippen molar-refractivity contribution in [3.8, 4) is 0 Å². The molecule has 19 heavy (non-hydrogen) atoms. The van der Waals surface area contributed by atoms with Crippen LogP contribution < -0.4 is 5.73 Å². The van der Waals surface area contributed by atoms with Crippen LogP contribution in [0.2, 0.25) is 5.02 Å². The number of rotatable bonds is 2. The number of amides is 1. The predicted molar refractivity (Wildman–Crippen MR) is 79.4 cm³/mol. The molecule has 2 rings (SSSR count). The molecule has 1 aromatic carbocycles. The van der Waals surface area contributed by atoms with Crippen LogP contribution in [0.1, 0.15) is 48.9 Å². The second-order valence-corrected chi connectivity index (χ2v) is 5.67. The Morgan fingerprint density at radius 3 is 2.47 bits per heavy atom. The lowest BCUT2D eigenvalue weighted by Crippen LogP contribution is -2.37. The molecule has 1 amide bonds. The highest BCUT2D eigenvalue weighted by Gasteiger charge is 2.24. The van der Waals surface area contributed by atoms with Crippen LogP contribution in [0.25, 0.3) is 0 Å². The molecule has 0 unspecified atom stereocenters. The zero-order valence-corrected chi connectivity index (χ0v) is 12.1. The van der Waals surface area contributed by atoms with Gasteiger partial charge in [-0.1, -0.05) is 43.4 Å². The van der Waals surface area contributed by atoms with Gasteiger partial charge in [0.05, 0.1) is 10.6 Å². The molecule has 1 aliphatic carbocycles. The maximum absolute atomic E-state index is 12.6. The molecule has 0 bridgehead atoms. The Hall–Kier alpha value is -1.22. The average Bonchev–Trinajstić information content (AvgIpc) is 2.66. The van der Waals surface area contributed by atoms with Crippen LogP contribution in [0.5, 0.6) is 0 Å². The Morgan fingerprint density at radius 2 is 1.89 bits per heavy atom. The minimum atomic E-state index is -0.0602. The minimum Gasteiger partial charge on any atom is -0.398 e. The summed E-state index contributed by atoms with van der Waals surface area (Å²) in [6.07, 6.45) is 7.08. The van der Waals surface area contributed by atoms with E-state index in [-0.39, 0.29) is 5.91 Å². The first kappa shape index (κ1) is 14.2. The quantitative estimate of drug-likeness (QED) is 0.663. The minimum absolute atomic E-state index is 0.0602. The van der Waals surface area contributed by atoms with Gasteiger partial charge in [0.15, 0.2) is 0 Å². The number of halogens is 1. The van der Waals surface area contributed by atoms with Gasteiger partial charge in [-0.25, -0.2) is 0 Å². The van der Waals surface area contributed by atoms with Gasteiger partial charge in [0, 0.05) is 18.8 Å². The lowest BCUT2D eigenvalue weighted by Gasteiger charge is -2.28. The standard InChI is InChI=1S/C15H21ClN2O/c1-18(11-7-4-2-3-5-8-11)15(19)14-12(16)9-6-10-13(14)17/h6,9-11H,2-5,7-8,17H2,1H3. The molecule has 3 nitrogen and oxygen atoms in total. The molecule has 1 aliphatic rings. The average molecular weight is 281 g/mol. The van der Waals surface area contributed by atoms with Crippen molar-refractivity contribution >= 4 is 23.2 Å². The SMILES string of the molecule is CN(C(=O)c1c(N)cccc1Cl)C1CCCCCC1. The van der Waals surface area contributed by atoms with E-state index >= 15 is 0 Å². The molecule has 0 aromatic heterocycles. The number of hydrogen-bond donors (Lipinski definition) is 1. The van der Waals surface area contributed by atoms with Gasteiger partial charge in [-0.05, 0) is 25.0 Å². The summed E-state index contributed by atoms with van der Waals surface area (Å²) in [5, 5.41) is 0.436. The lowest BCUT2D eigenvalue weighted by molar-refractivity contribution is 0.0719. The molecule has 104 valence electrons. The van der Waals surface area contributed by atoms with Crippen molar-refractivity contribution in [1.82, 2.24) is 4.90 Å². The van der Waals surface area contributed by atoms with Crippen LogP contribution in [-0.2, 0) is 0 Å². The highest BCUT2D eigenvalue weighted by atomic mass is 35.5. The summed E-state index contributed by atoms with van der Waals surface area (Å²) in [7, 11) is 1.86. The van der Waals surface area contributed by atoms with E-state index in [4.69, 9.17) is 17.3 Å². The number of hydrogen-bond acceptors (Lipinski definition) is 2. The van der Waals surface area contributed by atoms with E-state index in [1.54, 1.807) is 18.2 Å². The van der Waals surface area contributed by atoms with Gasteiger partial charge < -0.3 is 10.6 Å². The molecule has 0 heterocycles. The van der Waals surface area contributed by atoms with E-state index in [1.807, 2.05) is 11.9 Å². The van der Waals surface area contributed by atoms with Gasteiger partial charge in [0.1, 0.15) is 0 Å². The summed E-state index contributed by atoms with van der Waals surface area (Å²) < 4.78 is 0. The van der Waals surface area contributed by atoms with Crippen molar-refractivity contribution in [2.24, 2.45) is 0 Å². The monoisotopic (exact) mass is 280 g/mol. The number of nitrogen functional groups attached to an aromatic ring is 1. The fourth-order valence-electron chi connectivity index (χ4n) is 2.75. The maximum Gasteiger partial charge on any atom is 0.257 e. The highest BCUT2D eigenvalue weighted by Crippen LogP contribution is 2.27. The molecular formula is C15H21ClN2O. The first-order valence-electron chi connectivity index (χ1n) is 6.92. The van der Waals surface area contributed by atoms with Crippen LogP contribution in [-0.4, -0.2) is 23.9 Å². The molecule has 0 aliphatic heterocycles. The normalized spacial score (nSPS) is 16.9. The van der Waals surface area contributed by atoms with Crippen LogP contribution in [0, 0.1) is 0 Å². The van der Waals surface area contributed by atoms with Gasteiger partial charge in [0.2, 0.25) is 0 Å². The molecule has 1 aromatic rings. The summed E-state index contributed by atoms with van der Waals surface area (Å²) in [5.41, 5.74) is 6.79. The summed E-state index contributed by atoms with van der Waals surface area (Å²) in [5.74, 6) is -0.0602. The topological polar surface area (TPSA) is 46.3 Å². The molecular weight excluding hydrogens is 260 g/mol. The largest absolute Gasteiger partial charge is 0.398 e. The van der Waals surface area contributed by atoms with E-state index in [1.165, 1.54) is 25.7 Å². The van der Waals surface area contributed by atoms with Gasteiger partial charge in [-0.2, -0.15) is 0 Å². The second kappa shape index (κ2) is 6.29. The van der Waals surface area contributed by atoms with Crippen molar-refractivity contribution in [1.29, 1.82) is 0 Å². The molecule has 0 spiro atoms. The fraction of sp³-hybridized carbons (Fsp3) is 0.533. The highest BCUT2D eigenvalue weighted by molar-refractivity contribution is 6.34. The summed E-state index contributed by atoms with van der Waals surface area (Å²) >= 11 is 6.11. The summed E-state index contributed by atoms with van der Waals surface area (Å²) in [6.45, 7) is 0. The van der Waals surface area contributed by atoms with E-state index in [0.717, 1.165) is 12.8 Å². The van der Waals surface area contributed by atoms with Crippen molar-refractivity contribution in [2.45, 2.75) is 44.6 Å². The number of carbonyl (C=O) groups excluding carboxylic acids is 1.